The third-order valence-electron chi connectivity index (χ3n) is 5.36. The molecule has 0 saturated carbocycles. The van der Waals surface area contributed by atoms with E-state index in [0.717, 1.165) is 24.0 Å². The Morgan fingerprint density at radius 2 is 1.78 bits per heavy atom. The number of carbonyl (C=O) groups excluding carboxylic acids is 1. The molecule has 5 nitrogen and oxygen atoms in total. The Hall–Kier alpha value is -1.63. The summed E-state index contributed by atoms with van der Waals surface area (Å²) in [6.45, 7) is 4.61. The second-order valence-corrected chi connectivity index (χ2v) is 9.12. The number of esters is 1. The fourth-order valence-corrected chi connectivity index (χ4v) is 4.01. The van der Waals surface area contributed by atoms with Crippen LogP contribution < -0.4 is 0 Å². The topological polar surface area (TPSA) is 54.0 Å². The smallest absolute Gasteiger partial charge is 0.338 e. The SMILES string of the molecule is CCC[C@H]1OC[C@@H](OCc2ccccc2CC(Cl)Cl)[C@@H](C(C)OC(=O)c2ccccc2)O1. The number of hydrogen-bond donors (Lipinski definition) is 0. The van der Waals surface area contributed by atoms with Crippen LogP contribution in [0, 0.1) is 0 Å². The lowest BCUT2D eigenvalue weighted by molar-refractivity contribution is -0.280. The standard InChI is InChI=1S/C25H30Cl2O5/c1-3-9-23-30-16-21(29-15-20-13-8-7-12-19(20)14-22(26)27)24(32-23)17(2)31-25(28)18-10-5-4-6-11-18/h4-8,10-13,17,21-24H,3,9,14-16H2,1-2H3/t17?,21-,23+,24-/m1/s1. The monoisotopic (exact) mass is 480 g/mol. The Balaban J connectivity index is 1.68. The number of ether oxygens (including phenoxy) is 4. The van der Waals surface area contributed by atoms with Crippen molar-refractivity contribution < 1.29 is 23.7 Å². The summed E-state index contributed by atoms with van der Waals surface area (Å²) in [5, 5.41) is 0. The summed E-state index contributed by atoms with van der Waals surface area (Å²) in [6.07, 6.45) is 0.522. The van der Waals surface area contributed by atoms with E-state index < -0.39 is 23.1 Å². The van der Waals surface area contributed by atoms with E-state index in [2.05, 4.69) is 6.92 Å². The van der Waals surface area contributed by atoms with E-state index in [1.807, 2.05) is 37.3 Å². The molecule has 1 unspecified atom stereocenters. The Morgan fingerprint density at radius 1 is 1.09 bits per heavy atom. The number of halogens is 2. The lowest BCUT2D eigenvalue weighted by Crippen LogP contribution is -2.51. The van der Waals surface area contributed by atoms with Gasteiger partial charge in [-0.1, -0.05) is 55.8 Å². The van der Waals surface area contributed by atoms with Crippen LogP contribution >= 0.6 is 23.2 Å². The average molecular weight is 481 g/mol. The molecule has 1 aliphatic rings. The van der Waals surface area contributed by atoms with E-state index in [4.69, 9.17) is 42.1 Å². The molecule has 0 spiro atoms. The Labute approximate surface area is 199 Å². The highest BCUT2D eigenvalue weighted by Gasteiger charge is 2.38. The van der Waals surface area contributed by atoms with Gasteiger partial charge in [-0.2, -0.15) is 0 Å². The average Bonchev–Trinajstić information content (AvgIpc) is 2.79. The van der Waals surface area contributed by atoms with Gasteiger partial charge in [0.25, 0.3) is 0 Å². The molecule has 7 heteroatoms. The second-order valence-electron chi connectivity index (χ2n) is 7.84. The summed E-state index contributed by atoms with van der Waals surface area (Å²) in [5.74, 6) is -0.389. The number of benzene rings is 2. The molecule has 3 rings (SSSR count). The largest absolute Gasteiger partial charge is 0.456 e. The number of rotatable bonds is 10. The van der Waals surface area contributed by atoms with Gasteiger partial charge in [0.1, 0.15) is 23.1 Å². The summed E-state index contributed by atoms with van der Waals surface area (Å²) < 4.78 is 23.9. The predicted molar refractivity (Wildman–Crippen MR) is 125 cm³/mol. The van der Waals surface area contributed by atoms with Gasteiger partial charge in [0, 0.05) is 6.42 Å². The molecule has 32 heavy (non-hydrogen) atoms. The quantitative estimate of drug-likeness (QED) is 0.322. The van der Waals surface area contributed by atoms with Gasteiger partial charge in [-0.15, -0.1) is 23.2 Å². The molecule has 1 heterocycles. The van der Waals surface area contributed by atoms with E-state index in [0.29, 0.717) is 25.2 Å². The first-order valence-electron chi connectivity index (χ1n) is 11.0. The van der Waals surface area contributed by atoms with Gasteiger partial charge in [0.2, 0.25) is 0 Å². The second kappa shape index (κ2) is 12.6. The van der Waals surface area contributed by atoms with Crippen molar-refractivity contribution in [2.75, 3.05) is 6.61 Å². The molecule has 1 fully saturated rings. The van der Waals surface area contributed by atoms with Crippen molar-refractivity contribution in [1.29, 1.82) is 0 Å². The van der Waals surface area contributed by atoms with Crippen LogP contribution in [0.25, 0.3) is 0 Å². The van der Waals surface area contributed by atoms with Gasteiger partial charge in [-0.3, -0.25) is 0 Å². The zero-order chi connectivity index (χ0) is 22.9. The van der Waals surface area contributed by atoms with Crippen LogP contribution in [-0.2, 0) is 32.0 Å². The van der Waals surface area contributed by atoms with Gasteiger partial charge in [-0.05, 0) is 36.6 Å². The molecule has 1 saturated heterocycles. The maximum Gasteiger partial charge on any atom is 0.338 e. The summed E-state index contributed by atoms with van der Waals surface area (Å²) in [6, 6.07) is 16.8. The van der Waals surface area contributed by atoms with Gasteiger partial charge in [0.05, 0.1) is 18.8 Å². The highest BCUT2D eigenvalue weighted by Crippen LogP contribution is 2.25. The molecule has 2 aromatic carbocycles. The molecular formula is C25H30Cl2O5. The molecule has 0 aromatic heterocycles. The van der Waals surface area contributed by atoms with Crippen molar-refractivity contribution in [3.63, 3.8) is 0 Å². The van der Waals surface area contributed by atoms with Crippen LogP contribution in [0.2, 0.25) is 0 Å². The van der Waals surface area contributed by atoms with Crippen molar-refractivity contribution in [1.82, 2.24) is 0 Å². The Morgan fingerprint density at radius 3 is 2.47 bits per heavy atom. The number of carbonyl (C=O) groups is 1. The minimum Gasteiger partial charge on any atom is -0.456 e. The van der Waals surface area contributed by atoms with Crippen molar-refractivity contribution in [2.45, 2.75) is 69.2 Å². The van der Waals surface area contributed by atoms with E-state index >= 15 is 0 Å². The lowest BCUT2D eigenvalue weighted by atomic mass is 10.0. The number of alkyl halides is 2. The first-order chi connectivity index (χ1) is 15.5. The normalized spacial score (nSPS) is 22.0. The van der Waals surface area contributed by atoms with E-state index in [9.17, 15) is 4.79 Å². The Kier molecular flexibility index (Phi) is 9.82. The minimum atomic E-state index is -0.513. The van der Waals surface area contributed by atoms with Crippen LogP contribution in [0.15, 0.2) is 54.6 Å². The van der Waals surface area contributed by atoms with Gasteiger partial charge >= 0.3 is 5.97 Å². The molecule has 2 aromatic rings. The van der Waals surface area contributed by atoms with Crippen molar-refractivity contribution in [2.24, 2.45) is 0 Å². The maximum atomic E-state index is 12.6. The first kappa shape index (κ1) is 25.0. The molecule has 1 aliphatic heterocycles. The van der Waals surface area contributed by atoms with E-state index in [1.54, 1.807) is 24.3 Å². The third-order valence-corrected chi connectivity index (χ3v) is 5.67. The minimum absolute atomic E-state index is 0.344. The van der Waals surface area contributed by atoms with E-state index in [1.165, 1.54) is 0 Å². The molecule has 0 N–H and O–H groups in total. The van der Waals surface area contributed by atoms with Crippen LogP contribution in [0.5, 0.6) is 0 Å². The summed E-state index contributed by atoms with van der Waals surface area (Å²) in [5.41, 5.74) is 2.53. The summed E-state index contributed by atoms with van der Waals surface area (Å²) in [4.78, 5) is 12.1. The molecule has 174 valence electrons. The van der Waals surface area contributed by atoms with Crippen molar-refractivity contribution in [3.8, 4) is 0 Å². The third kappa shape index (κ3) is 7.19. The van der Waals surface area contributed by atoms with Gasteiger partial charge < -0.3 is 18.9 Å². The molecule has 0 bridgehead atoms. The van der Waals surface area contributed by atoms with Gasteiger partial charge in [0.15, 0.2) is 6.29 Å². The highest BCUT2D eigenvalue weighted by atomic mass is 35.5. The lowest BCUT2D eigenvalue weighted by Gasteiger charge is -2.39. The number of hydrogen-bond acceptors (Lipinski definition) is 5. The van der Waals surface area contributed by atoms with Crippen LogP contribution in [-0.4, -0.2) is 42.0 Å². The fraction of sp³-hybridized carbons (Fsp3) is 0.480. The zero-order valence-electron chi connectivity index (χ0n) is 18.4. The highest BCUT2D eigenvalue weighted by molar-refractivity contribution is 6.44. The molecule has 4 atom stereocenters. The van der Waals surface area contributed by atoms with Crippen LogP contribution in [0.3, 0.4) is 0 Å². The first-order valence-corrected chi connectivity index (χ1v) is 11.8. The van der Waals surface area contributed by atoms with E-state index in [-0.39, 0.29) is 12.3 Å². The van der Waals surface area contributed by atoms with Crippen LogP contribution in [0.1, 0.15) is 48.2 Å². The molecule has 0 aliphatic carbocycles. The summed E-state index contributed by atoms with van der Waals surface area (Å²) in [7, 11) is 0. The predicted octanol–water partition coefficient (Wildman–Crippen LogP) is 5.71. The molecular weight excluding hydrogens is 451 g/mol. The molecule has 0 radical (unpaired) electrons. The van der Waals surface area contributed by atoms with Crippen molar-refractivity contribution in [3.05, 3.63) is 71.3 Å². The van der Waals surface area contributed by atoms with Crippen LogP contribution in [0.4, 0.5) is 0 Å². The van der Waals surface area contributed by atoms with Crippen molar-refractivity contribution >= 4 is 29.2 Å². The summed E-state index contributed by atoms with van der Waals surface area (Å²) >= 11 is 12.0. The molecule has 0 amide bonds. The fourth-order valence-electron chi connectivity index (χ4n) is 3.68. The zero-order valence-corrected chi connectivity index (χ0v) is 19.9. The van der Waals surface area contributed by atoms with Gasteiger partial charge in [-0.25, -0.2) is 4.79 Å². The maximum absolute atomic E-state index is 12.6. The Bertz CT molecular complexity index is 845.